The summed E-state index contributed by atoms with van der Waals surface area (Å²) < 4.78 is 10.7. The number of rotatable bonds is 5. The number of nitrogens with one attached hydrogen (secondary N) is 1. The van der Waals surface area contributed by atoms with E-state index in [1.54, 1.807) is 4.90 Å². The predicted molar refractivity (Wildman–Crippen MR) is 70.7 cm³/mol. The van der Waals surface area contributed by atoms with Gasteiger partial charge in [-0.1, -0.05) is 0 Å². The zero-order chi connectivity index (χ0) is 14.3. The molecule has 0 spiro atoms. The van der Waals surface area contributed by atoms with Gasteiger partial charge in [-0.2, -0.15) is 0 Å². The highest BCUT2D eigenvalue weighted by Gasteiger charge is 2.29. The van der Waals surface area contributed by atoms with Crippen molar-refractivity contribution in [3.8, 4) is 0 Å². The summed E-state index contributed by atoms with van der Waals surface area (Å²) in [6.45, 7) is 8.37. The highest BCUT2D eigenvalue weighted by Crippen LogP contribution is 2.10. The minimum atomic E-state index is -0.544. The van der Waals surface area contributed by atoms with Crippen LogP contribution in [-0.2, 0) is 19.1 Å². The van der Waals surface area contributed by atoms with E-state index < -0.39 is 11.8 Å². The van der Waals surface area contributed by atoms with E-state index in [9.17, 15) is 9.59 Å². The first-order valence-electron chi connectivity index (χ1n) is 6.84. The van der Waals surface area contributed by atoms with E-state index in [0.29, 0.717) is 39.3 Å². The summed E-state index contributed by atoms with van der Waals surface area (Å²) >= 11 is 0. The number of morpholine rings is 1. The van der Waals surface area contributed by atoms with E-state index in [0.717, 1.165) is 0 Å². The molecule has 6 nitrogen and oxygen atoms in total. The quantitative estimate of drug-likeness (QED) is 0.572. The minimum Gasteiger partial charge on any atom is -0.382 e. The number of ether oxygens (including phenoxy) is 2. The van der Waals surface area contributed by atoms with Crippen LogP contribution in [0.2, 0.25) is 0 Å². The van der Waals surface area contributed by atoms with Gasteiger partial charge < -0.3 is 19.7 Å². The van der Waals surface area contributed by atoms with Gasteiger partial charge in [0.05, 0.1) is 12.2 Å². The standard InChI is InChI=1S/C13H24N2O4/c1-4-18-7-5-6-14-12(16)13(17)15-8-10(2)19-11(3)9-15/h10-11H,4-9H2,1-3H3,(H,14,16). The Hall–Kier alpha value is -1.14. The average molecular weight is 272 g/mol. The number of hydrogen-bond acceptors (Lipinski definition) is 4. The smallest absolute Gasteiger partial charge is 0.312 e. The Labute approximate surface area is 114 Å². The van der Waals surface area contributed by atoms with Crippen LogP contribution in [0.5, 0.6) is 0 Å². The van der Waals surface area contributed by atoms with E-state index >= 15 is 0 Å². The van der Waals surface area contributed by atoms with Crippen LogP contribution in [0.4, 0.5) is 0 Å². The van der Waals surface area contributed by atoms with Crippen molar-refractivity contribution in [2.24, 2.45) is 0 Å². The monoisotopic (exact) mass is 272 g/mol. The van der Waals surface area contributed by atoms with Crippen molar-refractivity contribution in [2.75, 3.05) is 32.8 Å². The lowest BCUT2D eigenvalue weighted by molar-refractivity contribution is -0.153. The largest absolute Gasteiger partial charge is 0.382 e. The second kappa shape index (κ2) is 8.12. The molecule has 6 heteroatoms. The van der Waals surface area contributed by atoms with Gasteiger partial charge in [0.15, 0.2) is 0 Å². The lowest BCUT2D eigenvalue weighted by Gasteiger charge is -2.34. The Balaban J connectivity index is 2.29. The van der Waals surface area contributed by atoms with Crippen molar-refractivity contribution in [2.45, 2.75) is 39.4 Å². The number of amides is 2. The van der Waals surface area contributed by atoms with Gasteiger partial charge in [-0.15, -0.1) is 0 Å². The van der Waals surface area contributed by atoms with Crippen molar-refractivity contribution in [3.05, 3.63) is 0 Å². The molecule has 2 amide bonds. The fourth-order valence-electron chi connectivity index (χ4n) is 2.08. The molecule has 0 radical (unpaired) electrons. The molecule has 1 N–H and O–H groups in total. The number of nitrogens with zero attached hydrogens (tertiary/aromatic N) is 1. The first-order valence-corrected chi connectivity index (χ1v) is 6.84. The van der Waals surface area contributed by atoms with Gasteiger partial charge in [0, 0.05) is 32.8 Å². The fraction of sp³-hybridized carbons (Fsp3) is 0.846. The van der Waals surface area contributed by atoms with Crippen LogP contribution in [0.15, 0.2) is 0 Å². The third-order valence-electron chi connectivity index (χ3n) is 2.86. The molecule has 0 aromatic carbocycles. The van der Waals surface area contributed by atoms with E-state index in [1.165, 1.54) is 0 Å². The zero-order valence-corrected chi connectivity index (χ0v) is 12.0. The van der Waals surface area contributed by atoms with Crippen molar-refractivity contribution in [3.63, 3.8) is 0 Å². The molecule has 19 heavy (non-hydrogen) atoms. The van der Waals surface area contributed by atoms with Crippen LogP contribution in [-0.4, -0.2) is 61.8 Å². The molecule has 1 aliphatic rings. The van der Waals surface area contributed by atoms with E-state index in [-0.39, 0.29) is 12.2 Å². The van der Waals surface area contributed by atoms with Gasteiger partial charge in [0.25, 0.3) is 0 Å². The molecule has 110 valence electrons. The molecular formula is C13H24N2O4. The van der Waals surface area contributed by atoms with Crippen LogP contribution in [0.3, 0.4) is 0 Å². The molecule has 0 bridgehead atoms. The summed E-state index contributed by atoms with van der Waals surface area (Å²) in [5.41, 5.74) is 0. The van der Waals surface area contributed by atoms with Gasteiger partial charge in [-0.05, 0) is 27.2 Å². The van der Waals surface area contributed by atoms with Crippen molar-refractivity contribution in [1.29, 1.82) is 0 Å². The van der Waals surface area contributed by atoms with Gasteiger partial charge in [0.2, 0.25) is 0 Å². The first-order chi connectivity index (χ1) is 9.04. The van der Waals surface area contributed by atoms with Crippen molar-refractivity contribution >= 4 is 11.8 Å². The zero-order valence-electron chi connectivity index (χ0n) is 12.0. The Morgan fingerprint density at radius 2 is 1.95 bits per heavy atom. The van der Waals surface area contributed by atoms with Crippen LogP contribution >= 0.6 is 0 Å². The third kappa shape index (κ3) is 5.57. The Kier molecular flexibility index (Phi) is 6.80. The molecule has 2 unspecified atom stereocenters. The molecule has 0 aliphatic carbocycles. The second-order valence-corrected chi connectivity index (χ2v) is 4.77. The molecule has 0 aromatic rings. The SMILES string of the molecule is CCOCCCNC(=O)C(=O)N1CC(C)OC(C)C1. The van der Waals surface area contributed by atoms with E-state index in [1.807, 2.05) is 20.8 Å². The molecule has 1 aliphatic heterocycles. The summed E-state index contributed by atoms with van der Waals surface area (Å²) in [5, 5.41) is 2.62. The number of carbonyl (C=O) groups is 2. The normalized spacial score (nSPS) is 23.2. The predicted octanol–water partition coefficient (Wildman–Crippen LogP) is 0.165. The summed E-state index contributed by atoms with van der Waals surface area (Å²) in [7, 11) is 0. The van der Waals surface area contributed by atoms with Crippen LogP contribution in [0, 0.1) is 0 Å². The van der Waals surface area contributed by atoms with E-state index in [4.69, 9.17) is 9.47 Å². The maximum absolute atomic E-state index is 11.9. The van der Waals surface area contributed by atoms with Gasteiger partial charge in [0.1, 0.15) is 0 Å². The molecule has 1 saturated heterocycles. The van der Waals surface area contributed by atoms with Gasteiger partial charge in [-0.25, -0.2) is 0 Å². The Morgan fingerprint density at radius 3 is 2.53 bits per heavy atom. The maximum atomic E-state index is 11.9. The van der Waals surface area contributed by atoms with Gasteiger partial charge in [-0.3, -0.25) is 9.59 Å². The second-order valence-electron chi connectivity index (χ2n) is 4.77. The fourth-order valence-corrected chi connectivity index (χ4v) is 2.08. The molecule has 2 atom stereocenters. The van der Waals surface area contributed by atoms with Crippen molar-refractivity contribution < 1.29 is 19.1 Å². The highest BCUT2D eigenvalue weighted by molar-refractivity contribution is 6.35. The first kappa shape index (κ1) is 15.9. The maximum Gasteiger partial charge on any atom is 0.312 e. The number of carbonyl (C=O) groups excluding carboxylic acids is 2. The van der Waals surface area contributed by atoms with Crippen LogP contribution in [0.1, 0.15) is 27.2 Å². The lowest BCUT2D eigenvalue weighted by Crippen LogP contribution is -2.52. The van der Waals surface area contributed by atoms with Gasteiger partial charge >= 0.3 is 11.8 Å². The van der Waals surface area contributed by atoms with Crippen molar-refractivity contribution in [1.82, 2.24) is 10.2 Å². The van der Waals surface area contributed by atoms with Crippen LogP contribution < -0.4 is 5.32 Å². The number of hydrogen-bond donors (Lipinski definition) is 1. The minimum absolute atomic E-state index is 0.0292. The summed E-state index contributed by atoms with van der Waals surface area (Å²) in [6.07, 6.45) is 0.653. The topological polar surface area (TPSA) is 67.9 Å². The Bertz CT molecular complexity index is 299. The molecule has 0 aromatic heterocycles. The van der Waals surface area contributed by atoms with Crippen LogP contribution in [0.25, 0.3) is 0 Å². The lowest BCUT2D eigenvalue weighted by atomic mass is 10.2. The summed E-state index contributed by atoms with van der Waals surface area (Å²) in [4.78, 5) is 25.2. The average Bonchev–Trinajstić information content (AvgIpc) is 2.36. The molecule has 1 fully saturated rings. The molecule has 1 rings (SSSR count). The summed E-state index contributed by atoms with van der Waals surface area (Å²) in [5.74, 6) is -1.02. The Morgan fingerprint density at radius 1 is 1.32 bits per heavy atom. The third-order valence-corrected chi connectivity index (χ3v) is 2.86. The summed E-state index contributed by atoms with van der Waals surface area (Å²) in [6, 6.07) is 0. The molecule has 1 heterocycles. The highest BCUT2D eigenvalue weighted by atomic mass is 16.5. The molecule has 0 saturated carbocycles. The van der Waals surface area contributed by atoms with E-state index in [2.05, 4.69) is 5.32 Å². The molecular weight excluding hydrogens is 248 g/mol.